The predicted octanol–water partition coefficient (Wildman–Crippen LogP) is 5.80. The van der Waals surface area contributed by atoms with Crippen LogP contribution in [0.5, 0.6) is 0 Å². The Morgan fingerprint density at radius 1 is 0.806 bits per heavy atom. The summed E-state index contributed by atoms with van der Waals surface area (Å²) < 4.78 is 52.4. The van der Waals surface area contributed by atoms with Gasteiger partial charge in [0.2, 0.25) is 0 Å². The lowest BCUT2D eigenvalue weighted by Gasteiger charge is -2.17. The molecular formula is C23H24NO5PS. The summed E-state index contributed by atoms with van der Waals surface area (Å²) in [5.41, 5.74) is 1.81. The molecule has 0 aliphatic heterocycles. The van der Waals surface area contributed by atoms with E-state index in [2.05, 4.69) is 0 Å². The third-order valence-electron chi connectivity index (χ3n) is 5.00. The number of para-hydroxylation sites is 1. The number of rotatable bonds is 8. The van der Waals surface area contributed by atoms with E-state index in [-0.39, 0.29) is 24.3 Å². The second-order valence-corrected chi connectivity index (χ2v) is 10.9. The Morgan fingerprint density at radius 2 is 1.42 bits per heavy atom. The Labute approximate surface area is 182 Å². The highest BCUT2D eigenvalue weighted by molar-refractivity contribution is 7.90. The first-order chi connectivity index (χ1) is 14.9. The van der Waals surface area contributed by atoms with Crippen molar-refractivity contribution in [2.24, 2.45) is 0 Å². The van der Waals surface area contributed by atoms with Crippen LogP contribution in [0.3, 0.4) is 0 Å². The van der Waals surface area contributed by atoms with Gasteiger partial charge in [0.05, 0.1) is 35.3 Å². The molecule has 0 aliphatic carbocycles. The van der Waals surface area contributed by atoms with Gasteiger partial charge in [0.15, 0.2) is 0 Å². The lowest BCUT2D eigenvalue weighted by Crippen LogP contribution is -2.12. The minimum Gasteiger partial charge on any atom is -0.309 e. The molecule has 0 fully saturated rings. The normalized spacial score (nSPS) is 12.6. The van der Waals surface area contributed by atoms with Gasteiger partial charge in [-0.05, 0) is 43.7 Å². The van der Waals surface area contributed by atoms with Gasteiger partial charge in [-0.25, -0.2) is 12.4 Å². The smallest absolute Gasteiger partial charge is 0.309 e. The maximum atomic E-state index is 13.6. The highest BCUT2D eigenvalue weighted by Crippen LogP contribution is 2.51. The number of fused-ring (bicyclic) bond motifs is 3. The third kappa shape index (κ3) is 4.06. The largest absolute Gasteiger partial charge is 0.335 e. The molecule has 1 aromatic heterocycles. The van der Waals surface area contributed by atoms with E-state index >= 15 is 0 Å². The summed E-state index contributed by atoms with van der Waals surface area (Å²) in [6.07, 6.45) is 0.0670. The molecule has 0 radical (unpaired) electrons. The van der Waals surface area contributed by atoms with Crippen molar-refractivity contribution in [3.8, 4) is 0 Å². The topological polar surface area (TPSA) is 74.6 Å². The fourth-order valence-corrected chi connectivity index (χ4v) is 7.01. The number of aromatic nitrogens is 1. The Bertz CT molecular complexity index is 1370. The lowest BCUT2D eigenvalue weighted by atomic mass is 10.1. The fourth-order valence-electron chi connectivity index (χ4n) is 3.78. The molecule has 0 bridgehead atoms. The van der Waals surface area contributed by atoms with Crippen molar-refractivity contribution < 1.29 is 22.0 Å². The second kappa shape index (κ2) is 8.60. The maximum absolute atomic E-state index is 13.6. The highest BCUT2D eigenvalue weighted by Gasteiger charge is 2.26. The molecule has 4 rings (SSSR count). The summed E-state index contributed by atoms with van der Waals surface area (Å²) in [6, 6.07) is 21.2. The summed E-state index contributed by atoms with van der Waals surface area (Å²) in [4.78, 5) is 0.206. The zero-order valence-corrected chi connectivity index (χ0v) is 19.1. The summed E-state index contributed by atoms with van der Waals surface area (Å²) in [6.45, 7) is 4.06. The first kappa shape index (κ1) is 21.8. The van der Waals surface area contributed by atoms with E-state index in [0.717, 1.165) is 10.8 Å². The second-order valence-electron chi connectivity index (χ2n) is 7.06. The van der Waals surface area contributed by atoms with Crippen LogP contribution in [0.1, 0.15) is 19.4 Å². The van der Waals surface area contributed by atoms with E-state index in [1.54, 1.807) is 56.3 Å². The Hall–Kier alpha value is -2.44. The molecule has 6 nitrogen and oxygen atoms in total. The molecular weight excluding hydrogens is 433 g/mol. The first-order valence-corrected chi connectivity index (χ1v) is 13.3. The number of benzene rings is 3. The van der Waals surface area contributed by atoms with Crippen LogP contribution in [0, 0.1) is 0 Å². The molecule has 0 N–H and O–H groups in total. The summed E-state index contributed by atoms with van der Waals surface area (Å²) in [7, 11) is -7.17. The van der Waals surface area contributed by atoms with Crippen molar-refractivity contribution in [1.29, 1.82) is 0 Å². The zero-order valence-electron chi connectivity index (χ0n) is 17.4. The molecule has 31 heavy (non-hydrogen) atoms. The lowest BCUT2D eigenvalue weighted by molar-refractivity contribution is 0.219. The van der Waals surface area contributed by atoms with Gasteiger partial charge >= 0.3 is 7.60 Å². The van der Waals surface area contributed by atoms with Gasteiger partial charge in [-0.1, -0.05) is 48.5 Å². The summed E-state index contributed by atoms with van der Waals surface area (Å²) in [5, 5.41) is 1.64. The van der Waals surface area contributed by atoms with Crippen LogP contribution in [-0.2, 0) is 29.8 Å². The van der Waals surface area contributed by atoms with E-state index in [9.17, 15) is 13.0 Å². The summed E-state index contributed by atoms with van der Waals surface area (Å²) in [5.74, 6) is 0. The van der Waals surface area contributed by atoms with E-state index < -0.39 is 17.6 Å². The minimum atomic E-state index is -3.84. The van der Waals surface area contributed by atoms with Crippen molar-refractivity contribution >= 4 is 39.4 Å². The predicted molar refractivity (Wildman–Crippen MR) is 123 cm³/mol. The monoisotopic (exact) mass is 457 g/mol. The van der Waals surface area contributed by atoms with E-state index in [1.165, 1.54) is 3.97 Å². The van der Waals surface area contributed by atoms with Crippen LogP contribution in [0.4, 0.5) is 0 Å². The summed E-state index contributed by atoms with van der Waals surface area (Å²) >= 11 is 0. The van der Waals surface area contributed by atoms with Gasteiger partial charge in [-0.2, -0.15) is 0 Å². The molecule has 0 saturated heterocycles. The van der Waals surface area contributed by atoms with Crippen LogP contribution >= 0.6 is 7.60 Å². The average molecular weight is 457 g/mol. The molecule has 0 aliphatic rings. The molecule has 162 valence electrons. The SMILES string of the molecule is CCOP(=O)(Cc1ccc2c3ccccc3n(S(=O)(=O)c3ccccc3)c2c1)OCC. The molecule has 3 aromatic carbocycles. The van der Waals surface area contributed by atoms with Crippen LogP contribution in [0.2, 0.25) is 0 Å². The van der Waals surface area contributed by atoms with E-state index in [0.29, 0.717) is 16.6 Å². The highest BCUT2D eigenvalue weighted by atomic mass is 32.2. The molecule has 1 heterocycles. The standard InChI is InChI=1S/C23H24NO5PS/c1-3-28-30(25,29-4-2)17-18-14-15-21-20-12-8-9-13-22(20)24(23(21)16-18)31(26,27)19-10-6-5-7-11-19/h5-16H,3-4,17H2,1-2H3. The fraction of sp³-hybridized carbons (Fsp3) is 0.217. The van der Waals surface area contributed by atoms with Gasteiger partial charge in [0, 0.05) is 10.8 Å². The average Bonchev–Trinajstić information content (AvgIpc) is 3.09. The maximum Gasteiger partial charge on any atom is 0.335 e. The van der Waals surface area contributed by atoms with Crippen molar-refractivity contribution in [2.75, 3.05) is 13.2 Å². The van der Waals surface area contributed by atoms with E-state index in [4.69, 9.17) is 9.05 Å². The quantitative estimate of drug-likeness (QED) is 0.313. The van der Waals surface area contributed by atoms with Crippen LogP contribution in [-0.4, -0.2) is 25.6 Å². The van der Waals surface area contributed by atoms with Gasteiger partial charge < -0.3 is 9.05 Å². The molecule has 0 saturated carbocycles. The van der Waals surface area contributed by atoms with Crippen molar-refractivity contribution in [2.45, 2.75) is 24.9 Å². The number of nitrogens with zero attached hydrogens (tertiary/aromatic N) is 1. The Kier molecular flexibility index (Phi) is 6.04. The molecule has 8 heteroatoms. The van der Waals surface area contributed by atoms with E-state index in [1.807, 2.05) is 30.3 Å². The van der Waals surface area contributed by atoms with Crippen molar-refractivity contribution in [1.82, 2.24) is 3.97 Å². The number of hydrogen-bond donors (Lipinski definition) is 0. The van der Waals surface area contributed by atoms with Gasteiger partial charge in [-0.3, -0.25) is 4.57 Å². The molecule has 4 aromatic rings. The van der Waals surface area contributed by atoms with Gasteiger partial charge in [0.25, 0.3) is 10.0 Å². The molecule has 0 amide bonds. The Balaban J connectivity index is 1.94. The molecule has 0 unspecified atom stereocenters. The molecule has 0 atom stereocenters. The van der Waals surface area contributed by atoms with Crippen LogP contribution in [0.15, 0.2) is 77.7 Å². The first-order valence-electron chi connectivity index (χ1n) is 10.1. The van der Waals surface area contributed by atoms with Crippen molar-refractivity contribution in [3.63, 3.8) is 0 Å². The minimum absolute atomic E-state index is 0.0670. The van der Waals surface area contributed by atoms with Crippen molar-refractivity contribution in [3.05, 3.63) is 78.4 Å². The van der Waals surface area contributed by atoms with Gasteiger partial charge in [-0.15, -0.1) is 0 Å². The Morgan fingerprint density at radius 3 is 2.10 bits per heavy atom. The van der Waals surface area contributed by atoms with Crippen LogP contribution in [0.25, 0.3) is 21.8 Å². The zero-order chi connectivity index (χ0) is 22.1. The van der Waals surface area contributed by atoms with Gasteiger partial charge in [0.1, 0.15) is 0 Å². The molecule has 0 spiro atoms. The number of hydrogen-bond acceptors (Lipinski definition) is 5. The third-order valence-corrected chi connectivity index (χ3v) is 8.80. The van der Waals surface area contributed by atoms with Crippen LogP contribution < -0.4 is 0 Å².